The molecule has 0 atom stereocenters. The molecule has 14 heteroatoms. The van der Waals surface area contributed by atoms with Crippen LogP contribution >= 0.6 is 0 Å². The number of hydrogen-bond acceptors (Lipinski definition) is 6. The van der Waals surface area contributed by atoms with E-state index < -0.39 is 21.9 Å². The molecule has 0 saturated heterocycles. The van der Waals surface area contributed by atoms with E-state index in [1.54, 1.807) is 56.8 Å². The second kappa shape index (κ2) is 10.2. The lowest BCUT2D eigenvalue weighted by Gasteiger charge is -2.13. The summed E-state index contributed by atoms with van der Waals surface area (Å²) in [5.74, 6) is 0. The summed E-state index contributed by atoms with van der Waals surface area (Å²) in [6, 6.07) is 10.7. The first-order valence-corrected chi connectivity index (χ1v) is 14.6. The quantitative estimate of drug-likeness (QED) is 0.291. The zero-order valence-corrected chi connectivity index (χ0v) is 24.2. The van der Waals surface area contributed by atoms with Gasteiger partial charge < -0.3 is 9.55 Å². The minimum atomic E-state index is -4.87. The molecule has 224 valence electrons. The number of aromatic nitrogens is 6. The molecule has 5 heterocycles. The molecule has 0 aliphatic heterocycles. The van der Waals surface area contributed by atoms with Crippen molar-refractivity contribution in [2.45, 2.75) is 25.0 Å². The van der Waals surface area contributed by atoms with Gasteiger partial charge in [-0.1, -0.05) is 23.8 Å². The maximum Gasteiger partial charge on any atom is 0.504 e. The van der Waals surface area contributed by atoms with Crippen LogP contribution in [0.1, 0.15) is 11.1 Å². The Kier molecular flexibility index (Phi) is 6.68. The molecule has 1 aromatic carbocycles. The smallest absolute Gasteiger partial charge is 0.327 e. The van der Waals surface area contributed by atoms with Crippen LogP contribution < -0.4 is 11.1 Å². The van der Waals surface area contributed by atoms with E-state index in [-0.39, 0.29) is 48.4 Å². The number of nitrogens with zero attached hydrogens (tertiary/aromatic N) is 5. The third-order valence-corrected chi connectivity index (χ3v) is 9.09. The lowest BCUT2D eigenvalue weighted by molar-refractivity contribution is -0.212. The highest BCUT2D eigenvalue weighted by molar-refractivity contribution is 7.90. The molecule has 0 bridgehead atoms. The Bertz CT molecular complexity index is 2300. The predicted octanol–water partition coefficient (Wildman–Crippen LogP) is 4.95. The molecule has 0 radical (unpaired) electrons. The molecule has 10 nitrogen and oxygen atoms in total. The van der Waals surface area contributed by atoms with E-state index in [1.807, 2.05) is 0 Å². The van der Waals surface area contributed by atoms with Crippen LogP contribution in [0.5, 0.6) is 0 Å². The molecular formula is C30H23F3N6O4S. The molecule has 0 saturated carbocycles. The maximum absolute atomic E-state index is 14.3. The van der Waals surface area contributed by atoms with E-state index in [4.69, 9.17) is 0 Å². The Morgan fingerprint density at radius 3 is 2.27 bits per heavy atom. The van der Waals surface area contributed by atoms with Gasteiger partial charge >= 0.3 is 6.30 Å². The van der Waals surface area contributed by atoms with Crippen molar-refractivity contribution in [1.29, 1.82) is 0 Å². The normalized spacial score (nSPS) is 12.2. The van der Waals surface area contributed by atoms with Gasteiger partial charge in [-0.05, 0) is 43.2 Å². The van der Waals surface area contributed by atoms with Crippen LogP contribution in [0.15, 0.2) is 94.1 Å². The number of pyridine rings is 3. The third kappa shape index (κ3) is 4.63. The molecular weight excluding hydrogens is 597 g/mol. The molecule has 0 aliphatic rings. The first-order chi connectivity index (χ1) is 20.8. The first kappa shape index (κ1) is 28.9. The van der Waals surface area contributed by atoms with Gasteiger partial charge in [0.1, 0.15) is 5.52 Å². The predicted molar refractivity (Wildman–Crippen MR) is 157 cm³/mol. The van der Waals surface area contributed by atoms with Crippen LogP contribution in [0.2, 0.25) is 0 Å². The number of alkyl halides is 3. The van der Waals surface area contributed by atoms with Crippen LogP contribution in [0.25, 0.3) is 44.4 Å². The van der Waals surface area contributed by atoms with E-state index in [0.717, 1.165) is 15.7 Å². The zero-order valence-electron chi connectivity index (χ0n) is 23.4. The molecule has 0 aliphatic carbocycles. The van der Waals surface area contributed by atoms with E-state index in [2.05, 4.69) is 15.1 Å². The summed E-state index contributed by atoms with van der Waals surface area (Å²) in [5, 5.41) is 3.54. The molecule has 0 unspecified atom stereocenters. The zero-order chi connectivity index (χ0) is 31.6. The van der Waals surface area contributed by atoms with Crippen LogP contribution in [0, 0.1) is 13.8 Å². The van der Waals surface area contributed by atoms with Crippen molar-refractivity contribution in [3.8, 4) is 33.5 Å². The highest BCUT2D eigenvalue weighted by atomic mass is 32.2. The fourth-order valence-corrected chi connectivity index (χ4v) is 6.85. The molecule has 1 N–H and O–H groups in total. The Balaban J connectivity index is 1.77. The fraction of sp³-hybridized carbons (Fsp3) is 0.133. The minimum absolute atomic E-state index is 0.137. The van der Waals surface area contributed by atoms with Gasteiger partial charge in [0.2, 0.25) is 0 Å². The number of hydrogen-bond donors (Lipinski definition) is 1. The van der Waals surface area contributed by atoms with Crippen LogP contribution in [0.3, 0.4) is 0 Å². The number of nitrogens with one attached hydrogen (secondary N) is 1. The van der Waals surface area contributed by atoms with Crippen molar-refractivity contribution in [1.82, 2.24) is 28.3 Å². The van der Waals surface area contributed by atoms with Gasteiger partial charge in [0.05, 0.1) is 16.8 Å². The second-order valence-corrected chi connectivity index (χ2v) is 12.0. The Hall–Kier alpha value is -5.24. The highest BCUT2D eigenvalue weighted by Crippen LogP contribution is 2.41. The SMILES string of the molecule is Cc1ccc(S(=O)(=O)n2c(-c3cnn(C(F)(F)F)c3)c(C)c3c(-c4cc(=O)n(C)cc4-c4cccnc4)c[nH]c(=O)c32)cc1. The van der Waals surface area contributed by atoms with Gasteiger partial charge in [-0.15, -0.1) is 13.2 Å². The Labute approximate surface area is 247 Å². The van der Waals surface area contributed by atoms with Crippen molar-refractivity contribution >= 4 is 20.9 Å². The molecule has 0 fully saturated rings. The summed E-state index contributed by atoms with van der Waals surface area (Å²) in [6.07, 6.45) is 2.80. The Morgan fingerprint density at radius 1 is 0.909 bits per heavy atom. The van der Waals surface area contributed by atoms with Crippen molar-refractivity contribution in [3.05, 3.63) is 111 Å². The number of aryl methyl sites for hydroxylation is 3. The van der Waals surface area contributed by atoms with E-state index in [1.165, 1.54) is 35.9 Å². The summed E-state index contributed by atoms with van der Waals surface area (Å²) in [4.78, 5) is 33.0. The summed E-state index contributed by atoms with van der Waals surface area (Å²) < 4.78 is 71.1. The van der Waals surface area contributed by atoms with Gasteiger partial charge in [0, 0.05) is 71.7 Å². The summed E-state index contributed by atoms with van der Waals surface area (Å²) >= 11 is 0. The topological polar surface area (TPSA) is 125 Å². The number of fused-ring (bicyclic) bond motifs is 1. The maximum atomic E-state index is 14.3. The van der Waals surface area contributed by atoms with Crippen LogP contribution in [-0.2, 0) is 23.4 Å². The standard InChI is InChI=1S/C30H23F3N6O4S/c1-17-6-8-21(9-7-17)44(42,43)39-27(20-13-36-38(15-20)30(31,32)33)18(2)26-23(14-35-29(41)28(26)39)22-11-25(40)37(3)16-24(22)19-5-4-10-34-12-19/h4-16H,1-3H3,(H,35,41). The molecule has 0 amide bonds. The molecule has 0 spiro atoms. The van der Waals surface area contributed by atoms with Gasteiger partial charge in [-0.3, -0.25) is 14.6 Å². The van der Waals surface area contributed by atoms with Crippen molar-refractivity contribution < 1.29 is 21.6 Å². The van der Waals surface area contributed by atoms with Gasteiger partial charge in [0.25, 0.3) is 21.1 Å². The van der Waals surface area contributed by atoms with Gasteiger partial charge in [-0.2, -0.15) is 9.78 Å². The molecule has 44 heavy (non-hydrogen) atoms. The average Bonchev–Trinajstić information content (AvgIpc) is 3.60. The summed E-state index contributed by atoms with van der Waals surface area (Å²) in [7, 11) is -2.99. The van der Waals surface area contributed by atoms with Crippen LogP contribution in [-0.4, -0.2) is 36.7 Å². The summed E-state index contributed by atoms with van der Waals surface area (Å²) in [5.41, 5.74) is 0.911. The molecule has 6 aromatic rings. The number of halogens is 3. The Morgan fingerprint density at radius 2 is 1.64 bits per heavy atom. The van der Waals surface area contributed by atoms with E-state index in [9.17, 15) is 31.2 Å². The highest BCUT2D eigenvalue weighted by Gasteiger charge is 2.35. The third-order valence-electron chi connectivity index (χ3n) is 7.37. The minimum Gasteiger partial charge on any atom is -0.327 e. The molecule has 5 aromatic heterocycles. The molecule has 6 rings (SSSR count). The monoisotopic (exact) mass is 620 g/mol. The number of H-pyrrole nitrogens is 1. The number of aromatic amines is 1. The lowest BCUT2D eigenvalue weighted by atomic mass is 9.94. The first-order valence-electron chi connectivity index (χ1n) is 13.1. The van der Waals surface area contributed by atoms with Gasteiger partial charge in [0.15, 0.2) is 0 Å². The van der Waals surface area contributed by atoms with Crippen molar-refractivity contribution in [2.75, 3.05) is 0 Å². The average molecular weight is 621 g/mol. The van der Waals surface area contributed by atoms with Crippen LogP contribution in [0.4, 0.5) is 13.2 Å². The van der Waals surface area contributed by atoms with E-state index >= 15 is 0 Å². The van der Waals surface area contributed by atoms with Crippen molar-refractivity contribution in [2.24, 2.45) is 7.05 Å². The fourth-order valence-electron chi connectivity index (χ4n) is 5.27. The number of benzene rings is 1. The summed E-state index contributed by atoms with van der Waals surface area (Å²) in [6.45, 7) is 3.28. The van der Waals surface area contributed by atoms with E-state index in [0.29, 0.717) is 22.9 Å². The van der Waals surface area contributed by atoms with Gasteiger partial charge in [-0.25, -0.2) is 12.4 Å². The lowest BCUT2D eigenvalue weighted by Crippen LogP contribution is -2.20. The number of rotatable bonds is 5. The second-order valence-electron chi connectivity index (χ2n) is 10.2. The largest absolute Gasteiger partial charge is 0.504 e. The van der Waals surface area contributed by atoms with Crippen molar-refractivity contribution in [3.63, 3.8) is 0 Å².